The number of aryl methyl sites for hydroxylation is 1. The number of carboxylic acids is 1. The van der Waals surface area contributed by atoms with E-state index in [9.17, 15) is 9.90 Å². The molecule has 0 bridgehead atoms. The summed E-state index contributed by atoms with van der Waals surface area (Å²) < 4.78 is 0. The van der Waals surface area contributed by atoms with Gasteiger partial charge in [0.05, 0.1) is 16.8 Å². The number of anilines is 2. The van der Waals surface area contributed by atoms with Crippen molar-refractivity contribution in [3.8, 4) is 0 Å². The fourth-order valence-corrected chi connectivity index (χ4v) is 2.54. The Hall–Kier alpha value is -2.66. The maximum absolute atomic E-state index is 11.5. The van der Waals surface area contributed by atoms with Crippen LogP contribution in [0, 0.1) is 0 Å². The molecule has 0 radical (unpaired) electrons. The van der Waals surface area contributed by atoms with Crippen LogP contribution in [0.25, 0.3) is 10.9 Å². The summed E-state index contributed by atoms with van der Waals surface area (Å²) in [6, 6.07) is 12.7. The Morgan fingerprint density at radius 1 is 1.22 bits per heavy atom. The molecule has 0 fully saturated rings. The van der Waals surface area contributed by atoms with Crippen LogP contribution in [0.4, 0.5) is 11.5 Å². The van der Waals surface area contributed by atoms with Crippen molar-refractivity contribution >= 4 is 40.0 Å². The van der Waals surface area contributed by atoms with Gasteiger partial charge in [0, 0.05) is 5.39 Å². The second kappa shape index (κ2) is 6.22. The molecule has 5 nitrogen and oxygen atoms in total. The number of nitrogens with zero attached hydrogens (tertiary/aromatic N) is 2. The van der Waals surface area contributed by atoms with Gasteiger partial charge < -0.3 is 10.4 Å². The molecule has 0 aliphatic carbocycles. The summed E-state index contributed by atoms with van der Waals surface area (Å²) in [6.45, 7) is 1.98. The van der Waals surface area contributed by atoms with E-state index in [0.717, 1.165) is 17.4 Å². The average molecular weight is 328 g/mol. The van der Waals surface area contributed by atoms with E-state index in [-0.39, 0.29) is 10.8 Å². The minimum absolute atomic E-state index is 0.105. The highest BCUT2D eigenvalue weighted by Gasteiger charge is 2.13. The number of aromatic carboxylic acids is 1. The van der Waals surface area contributed by atoms with Crippen LogP contribution < -0.4 is 5.32 Å². The van der Waals surface area contributed by atoms with E-state index >= 15 is 0 Å². The highest BCUT2D eigenvalue weighted by Crippen LogP contribution is 2.27. The van der Waals surface area contributed by atoms with Crippen LogP contribution in [0.2, 0.25) is 5.28 Å². The zero-order valence-corrected chi connectivity index (χ0v) is 13.1. The van der Waals surface area contributed by atoms with Gasteiger partial charge in [-0.3, -0.25) is 0 Å². The van der Waals surface area contributed by atoms with Crippen molar-refractivity contribution in [2.75, 3.05) is 5.32 Å². The van der Waals surface area contributed by atoms with Gasteiger partial charge in [-0.05, 0) is 47.9 Å². The monoisotopic (exact) mass is 327 g/mol. The zero-order valence-electron chi connectivity index (χ0n) is 12.4. The van der Waals surface area contributed by atoms with Crippen LogP contribution in [-0.4, -0.2) is 21.0 Å². The Kier molecular flexibility index (Phi) is 4.12. The molecule has 2 N–H and O–H groups in total. The molecule has 3 rings (SSSR count). The number of carbonyl (C=O) groups is 1. The average Bonchev–Trinajstić information content (AvgIpc) is 2.54. The molecule has 0 unspecified atom stereocenters. The van der Waals surface area contributed by atoms with Crippen LogP contribution in [0.1, 0.15) is 22.8 Å². The predicted molar refractivity (Wildman–Crippen MR) is 90.6 cm³/mol. The van der Waals surface area contributed by atoms with E-state index in [1.807, 2.05) is 37.3 Å². The molecule has 0 amide bonds. The number of para-hydroxylation sites is 1. The summed E-state index contributed by atoms with van der Waals surface area (Å²) in [6.07, 6.45) is 0.767. The normalized spacial score (nSPS) is 10.7. The first kappa shape index (κ1) is 15.2. The first-order valence-corrected chi connectivity index (χ1v) is 7.52. The van der Waals surface area contributed by atoms with E-state index < -0.39 is 5.97 Å². The lowest BCUT2D eigenvalue weighted by Crippen LogP contribution is -2.05. The Bertz CT molecular complexity index is 896. The molecule has 0 aliphatic heterocycles. The Morgan fingerprint density at radius 2 is 2.00 bits per heavy atom. The molecule has 0 atom stereocenters. The third kappa shape index (κ3) is 3.10. The first-order chi connectivity index (χ1) is 11.1. The summed E-state index contributed by atoms with van der Waals surface area (Å²) in [5.41, 5.74) is 2.31. The lowest BCUT2D eigenvalue weighted by Gasteiger charge is -2.12. The van der Waals surface area contributed by atoms with Crippen molar-refractivity contribution in [3.63, 3.8) is 0 Å². The third-order valence-corrected chi connectivity index (χ3v) is 3.72. The third-order valence-electron chi connectivity index (χ3n) is 3.55. The van der Waals surface area contributed by atoms with Gasteiger partial charge in [-0.1, -0.05) is 25.1 Å². The highest BCUT2D eigenvalue weighted by atomic mass is 35.5. The van der Waals surface area contributed by atoms with E-state index in [0.29, 0.717) is 17.0 Å². The molecule has 1 heterocycles. The number of benzene rings is 2. The summed E-state index contributed by atoms with van der Waals surface area (Å²) in [4.78, 5) is 19.9. The molecule has 0 saturated carbocycles. The first-order valence-electron chi connectivity index (χ1n) is 7.14. The molecule has 6 heteroatoms. The molecular weight excluding hydrogens is 314 g/mol. The molecular formula is C17H14ClN3O2. The summed E-state index contributed by atoms with van der Waals surface area (Å²) in [5, 5.41) is 13.4. The molecule has 0 aliphatic rings. The Labute approximate surface area is 138 Å². The lowest BCUT2D eigenvalue weighted by molar-refractivity contribution is 0.0698. The molecule has 3 aromatic rings. The molecule has 1 aromatic heterocycles. The molecule has 0 saturated heterocycles. The van der Waals surface area contributed by atoms with Gasteiger partial charge in [-0.25, -0.2) is 9.78 Å². The Balaban J connectivity index is 2.11. The summed E-state index contributed by atoms with van der Waals surface area (Å²) >= 11 is 5.96. The van der Waals surface area contributed by atoms with Crippen molar-refractivity contribution in [1.82, 2.24) is 9.97 Å². The molecule has 116 valence electrons. The highest BCUT2D eigenvalue weighted by molar-refractivity contribution is 6.28. The van der Waals surface area contributed by atoms with Crippen LogP contribution in [0.3, 0.4) is 0 Å². The molecule has 0 spiro atoms. The summed E-state index contributed by atoms with van der Waals surface area (Å²) in [5.74, 6) is -0.514. The zero-order chi connectivity index (χ0) is 16.4. The van der Waals surface area contributed by atoms with Gasteiger partial charge >= 0.3 is 5.97 Å². The minimum atomic E-state index is -0.993. The van der Waals surface area contributed by atoms with Gasteiger partial charge in [-0.15, -0.1) is 0 Å². The quantitative estimate of drug-likeness (QED) is 0.699. The largest absolute Gasteiger partial charge is 0.478 e. The number of rotatable bonds is 4. The smallest absolute Gasteiger partial charge is 0.337 e. The van der Waals surface area contributed by atoms with Crippen molar-refractivity contribution < 1.29 is 9.90 Å². The van der Waals surface area contributed by atoms with Crippen LogP contribution in [-0.2, 0) is 6.42 Å². The number of hydrogen-bond donors (Lipinski definition) is 2. The Morgan fingerprint density at radius 3 is 2.74 bits per heavy atom. The second-order valence-electron chi connectivity index (χ2n) is 5.02. The SMILES string of the molecule is CCc1ccc(Nc2nc(Cl)nc3ccccc23)c(C(=O)O)c1. The number of carboxylic acid groups (broad SMARTS) is 1. The maximum atomic E-state index is 11.5. The van der Waals surface area contributed by atoms with E-state index in [1.165, 1.54) is 0 Å². The van der Waals surface area contributed by atoms with Crippen molar-refractivity contribution in [2.24, 2.45) is 0 Å². The predicted octanol–water partition coefficient (Wildman–Crippen LogP) is 4.29. The number of fused-ring (bicyclic) bond motifs is 1. The van der Waals surface area contributed by atoms with Crippen LogP contribution in [0.5, 0.6) is 0 Å². The molecule has 23 heavy (non-hydrogen) atoms. The lowest BCUT2D eigenvalue weighted by atomic mass is 10.1. The second-order valence-corrected chi connectivity index (χ2v) is 5.36. The standard InChI is InChI=1S/C17H14ClN3O2/c1-2-10-7-8-14(12(9-10)16(22)23)19-15-11-5-3-4-6-13(11)20-17(18)21-15/h3-9H,2H2,1H3,(H,22,23)(H,19,20,21). The van der Waals surface area contributed by atoms with Crippen molar-refractivity contribution in [1.29, 1.82) is 0 Å². The molecule has 2 aromatic carbocycles. The fraction of sp³-hybridized carbons (Fsp3) is 0.118. The van der Waals surface area contributed by atoms with Crippen molar-refractivity contribution in [3.05, 3.63) is 58.9 Å². The fourth-order valence-electron chi connectivity index (χ4n) is 2.37. The van der Waals surface area contributed by atoms with Crippen LogP contribution in [0.15, 0.2) is 42.5 Å². The van der Waals surface area contributed by atoms with E-state index in [1.54, 1.807) is 12.1 Å². The van der Waals surface area contributed by atoms with Crippen LogP contribution >= 0.6 is 11.6 Å². The van der Waals surface area contributed by atoms with E-state index in [2.05, 4.69) is 15.3 Å². The van der Waals surface area contributed by atoms with E-state index in [4.69, 9.17) is 11.6 Å². The number of halogens is 1. The number of aromatic nitrogens is 2. The number of hydrogen-bond acceptors (Lipinski definition) is 4. The number of nitrogens with one attached hydrogen (secondary N) is 1. The maximum Gasteiger partial charge on any atom is 0.337 e. The topological polar surface area (TPSA) is 75.1 Å². The van der Waals surface area contributed by atoms with Crippen molar-refractivity contribution in [2.45, 2.75) is 13.3 Å². The van der Waals surface area contributed by atoms with Gasteiger partial charge in [0.15, 0.2) is 0 Å². The van der Waals surface area contributed by atoms with Gasteiger partial charge in [-0.2, -0.15) is 4.98 Å². The minimum Gasteiger partial charge on any atom is -0.478 e. The van der Waals surface area contributed by atoms with Gasteiger partial charge in [0.25, 0.3) is 0 Å². The van der Waals surface area contributed by atoms with Gasteiger partial charge in [0.1, 0.15) is 5.82 Å². The van der Waals surface area contributed by atoms with Gasteiger partial charge in [0.2, 0.25) is 5.28 Å². The summed E-state index contributed by atoms with van der Waals surface area (Å²) in [7, 11) is 0.